The van der Waals surface area contributed by atoms with E-state index in [9.17, 15) is 0 Å². The topological polar surface area (TPSA) is 61.7 Å². The van der Waals surface area contributed by atoms with Crippen molar-refractivity contribution in [3.8, 4) is 0 Å². The first-order chi connectivity index (χ1) is 8.50. The molecule has 0 fully saturated rings. The van der Waals surface area contributed by atoms with Crippen molar-refractivity contribution >= 4 is 0 Å². The molecule has 2 aromatic rings. The average molecular weight is 247 g/mol. The van der Waals surface area contributed by atoms with Crippen LogP contribution in [0.3, 0.4) is 0 Å². The molecular weight excluding hydrogens is 226 g/mol. The quantitative estimate of drug-likeness (QED) is 0.890. The van der Waals surface area contributed by atoms with Gasteiger partial charge in [0.1, 0.15) is 5.82 Å². The van der Waals surface area contributed by atoms with Crippen LogP contribution in [0.25, 0.3) is 0 Å². The van der Waals surface area contributed by atoms with E-state index in [2.05, 4.69) is 17.0 Å². The maximum absolute atomic E-state index is 5.97. The largest absolute Gasteiger partial charge is 0.338 e. The third-order valence-corrected chi connectivity index (χ3v) is 3.36. The van der Waals surface area contributed by atoms with Crippen LogP contribution in [0, 0.1) is 13.8 Å². The molecule has 1 unspecified atom stereocenters. The molecule has 0 aliphatic heterocycles. The second-order valence-electron chi connectivity index (χ2n) is 4.80. The van der Waals surface area contributed by atoms with Gasteiger partial charge in [-0.2, -0.15) is 5.10 Å². The van der Waals surface area contributed by atoms with Gasteiger partial charge in [-0.25, -0.2) is 4.98 Å². The lowest BCUT2D eigenvalue weighted by atomic mass is 10.1. The van der Waals surface area contributed by atoms with Crippen LogP contribution in [0.5, 0.6) is 0 Å². The summed E-state index contributed by atoms with van der Waals surface area (Å²) < 4.78 is 4.07. The van der Waals surface area contributed by atoms with E-state index in [0.29, 0.717) is 0 Å². The average Bonchev–Trinajstić information content (AvgIpc) is 2.80. The van der Waals surface area contributed by atoms with Crippen LogP contribution >= 0.6 is 0 Å². The Hall–Kier alpha value is -1.62. The van der Waals surface area contributed by atoms with Gasteiger partial charge in [-0.3, -0.25) is 4.68 Å². The van der Waals surface area contributed by atoms with E-state index in [4.69, 9.17) is 5.73 Å². The number of aromatic nitrogens is 4. The van der Waals surface area contributed by atoms with Crippen molar-refractivity contribution in [1.82, 2.24) is 19.3 Å². The van der Waals surface area contributed by atoms with E-state index in [-0.39, 0.29) is 6.04 Å². The highest BCUT2D eigenvalue weighted by atomic mass is 15.3. The van der Waals surface area contributed by atoms with Crippen molar-refractivity contribution in [1.29, 1.82) is 0 Å². The van der Waals surface area contributed by atoms with Gasteiger partial charge in [0, 0.05) is 49.7 Å². The van der Waals surface area contributed by atoms with Crippen LogP contribution in [0.1, 0.15) is 35.7 Å². The van der Waals surface area contributed by atoms with Gasteiger partial charge in [0.05, 0.1) is 5.69 Å². The number of hydrogen-bond donors (Lipinski definition) is 1. The third-order valence-electron chi connectivity index (χ3n) is 3.36. The highest BCUT2D eigenvalue weighted by molar-refractivity contribution is 5.27. The van der Waals surface area contributed by atoms with Crippen molar-refractivity contribution in [3.63, 3.8) is 0 Å². The molecule has 0 aromatic carbocycles. The molecule has 0 bridgehead atoms. The van der Waals surface area contributed by atoms with Gasteiger partial charge in [-0.15, -0.1) is 0 Å². The number of aryl methyl sites for hydroxylation is 4. The first-order valence-corrected chi connectivity index (χ1v) is 6.26. The molecule has 0 aliphatic rings. The highest BCUT2D eigenvalue weighted by Crippen LogP contribution is 2.19. The molecule has 98 valence electrons. The van der Waals surface area contributed by atoms with Gasteiger partial charge < -0.3 is 10.3 Å². The van der Waals surface area contributed by atoms with E-state index in [1.165, 1.54) is 0 Å². The maximum Gasteiger partial charge on any atom is 0.110 e. The SMILES string of the molecule is Cc1nn(CCc2nccn2C)c(C)c1C(C)N. The lowest BCUT2D eigenvalue weighted by Crippen LogP contribution is -2.10. The van der Waals surface area contributed by atoms with Crippen molar-refractivity contribution < 1.29 is 0 Å². The summed E-state index contributed by atoms with van der Waals surface area (Å²) in [5.74, 6) is 1.07. The highest BCUT2D eigenvalue weighted by Gasteiger charge is 2.14. The summed E-state index contributed by atoms with van der Waals surface area (Å²) in [4.78, 5) is 4.32. The zero-order valence-electron chi connectivity index (χ0n) is 11.5. The van der Waals surface area contributed by atoms with E-state index in [1.54, 1.807) is 0 Å². The summed E-state index contributed by atoms with van der Waals surface area (Å²) in [6, 6.07) is 0.0342. The molecule has 1 atom stereocenters. The minimum absolute atomic E-state index is 0.0342. The lowest BCUT2D eigenvalue weighted by Gasteiger charge is -2.07. The first-order valence-electron chi connectivity index (χ1n) is 6.26. The van der Waals surface area contributed by atoms with Crippen LogP contribution in [0.4, 0.5) is 0 Å². The summed E-state index contributed by atoms with van der Waals surface area (Å²) in [7, 11) is 2.01. The number of rotatable bonds is 4. The molecule has 5 nitrogen and oxygen atoms in total. The van der Waals surface area contributed by atoms with E-state index >= 15 is 0 Å². The molecular formula is C13H21N5. The van der Waals surface area contributed by atoms with Gasteiger partial charge in [0.15, 0.2) is 0 Å². The smallest absolute Gasteiger partial charge is 0.110 e. The summed E-state index contributed by atoms with van der Waals surface area (Å²) in [5.41, 5.74) is 9.33. The van der Waals surface area contributed by atoms with Gasteiger partial charge >= 0.3 is 0 Å². The Morgan fingerprint density at radius 3 is 2.61 bits per heavy atom. The molecule has 0 saturated carbocycles. The molecule has 0 aliphatic carbocycles. The normalized spacial score (nSPS) is 12.9. The fourth-order valence-corrected chi connectivity index (χ4v) is 2.43. The fraction of sp³-hybridized carbons (Fsp3) is 0.538. The molecule has 0 amide bonds. The van der Waals surface area contributed by atoms with Crippen LogP contribution < -0.4 is 5.73 Å². The summed E-state index contributed by atoms with van der Waals surface area (Å²) in [6.45, 7) is 6.93. The van der Waals surface area contributed by atoms with Crippen molar-refractivity contribution in [3.05, 3.63) is 35.2 Å². The fourth-order valence-electron chi connectivity index (χ4n) is 2.43. The Kier molecular flexibility index (Phi) is 3.52. The van der Waals surface area contributed by atoms with Crippen molar-refractivity contribution in [2.24, 2.45) is 12.8 Å². The summed E-state index contributed by atoms with van der Waals surface area (Å²) in [5, 5.41) is 4.56. The molecule has 2 aromatic heterocycles. The molecule has 2 heterocycles. The van der Waals surface area contributed by atoms with E-state index < -0.39 is 0 Å². The minimum Gasteiger partial charge on any atom is -0.338 e. The molecule has 2 rings (SSSR count). The van der Waals surface area contributed by atoms with E-state index in [0.717, 1.165) is 35.7 Å². The number of nitrogens with zero attached hydrogens (tertiary/aromatic N) is 4. The van der Waals surface area contributed by atoms with Gasteiger partial charge in [-0.1, -0.05) is 0 Å². The second-order valence-corrected chi connectivity index (χ2v) is 4.80. The summed E-state index contributed by atoms with van der Waals surface area (Å²) in [6.07, 6.45) is 4.66. The van der Waals surface area contributed by atoms with Crippen LogP contribution in [-0.2, 0) is 20.0 Å². The predicted molar refractivity (Wildman–Crippen MR) is 71.2 cm³/mol. The number of imidazole rings is 1. The van der Waals surface area contributed by atoms with Gasteiger partial charge in [-0.05, 0) is 20.8 Å². The van der Waals surface area contributed by atoms with Crippen molar-refractivity contribution in [2.45, 2.75) is 39.8 Å². The monoisotopic (exact) mass is 247 g/mol. The van der Waals surface area contributed by atoms with E-state index in [1.807, 2.05) is 42.5 Å². The Bertz CT molecular complexity index is 536. The van der Waals surface area contributed by atoms with Gasteiger partial charge in [0.25, 0.3) is 0 Å². The Morgan fingerprint density at radius 2 is 2.11 bits per heavy atom. The van der Waals surface area contributed by atoms with Gasteiger partial charge in [0.2, 0.25) is 0 Å². The first kappa shape index (κ1) is 12.8. The molecule has 0 spiro atoms. The Morgan fingerprint density at radius 1 is 1.39 bits per heavy atom. The standard InChI is InChI=1S/C13H21N5/c1-9(14)13-10(2)16-18(11(13)3)7-5-12-15-6-8-17(12)4/h6,8-9H,5,7,14H2,1-4H3. The lowest BCUT2D eigenvalue weighted by molar-refractivity contribution is 0.571. The molecule has 2 N–H and O–H groups in total. The number of hydrogen-bond acceptors (Lipinski definition) is 3. The Balaban J connectivity index is 2.16. The minimum atomic E-state index is 0.0342. The zero-order valence-corrected chi connectivity index (χ0v) is 11.5. The zero-order chi connectivity index (χ0) is 13.3. The van der Waals surface area contributed by atoms with Crippen LogP contribution in [0.15, 0.2) is 12.4 Å². The summed E-state index contributed by atoms with van der Waals surface area (Å²) >= 11 is 0. The third kappa shape index (κ3) is 2.31. The molecule has 18 heavy (non-hydrogen) atoms. The van der Waals surface area contributed by atoms with Crippen LogP contribution in [-0.4, -0.2) is 19.3 Å². The second kappa shape index (κ2) is 4.94. The predicted octanol–water partition coefficient (Wildman–Crippen LogP) is 1.50. The van der Waals surface area contributed by atoms with Crippen LogP contribution in [0.2, 0.25) is 0 Å². The number of nitrogens with two attached hydrogens (primary N) is 1. The maximum atomic E-state index is 5.97. The molecule has 0 radical (unpaired) electrons. The molecule has 0 saturated heterocycles. The molecule has 5 heteroatoms. The van der Waals surface area contributed by atoms with Crippen molar-refractivity contribution in [2.75, 3.05) is 0 Å². The Labute approximate surface area is 108 Å².